The summed E-state index contributed by atoms with van der Waals surface area (Å²) in [6.07, 6.45) is 6.70. The van der Waals surface area contributed by atoms with Crippen LogP contribution in [0, 0.1) is 11.3 Å². The van der Waals surface area contributed by atoms with Crippen LogP contribution in [0.4, 0.5) is 0 Å². The lowest BCUT2D eigenvalue weighted by Gasteiger charge is -2.23. The van der Waals surface area contributed by atoms with E-state index < -0.39 is 10.0 Å². The predicted octanol–water partition coefficient (Wildman–Crippen LogP) is 3.00. The molecule has 0 amide bonds. The van der Waals surface area contributed by atoms with Crippen LogP contribution in [0.2, 0.25) is 0 Å². The number of primary sulfonamides is 1. The zero-order chi connectivity index (χ0) is 16.7. The lowest BCUT2D eigenvalue weighted by atomic mass is 9.95. The molecule has 1 aromatic carbocycles. The van der Waals surface area contributed by atoms with Gasteiger partial charge in [-0.05, 0) is 54.3 Å². The lowest BCUT2D eigenvalue weighted by Crippen LogP contribution is -2.33. The van der Waals surface area contributed by atoms with Gasteiger partial charge in [0.2, 0.25) is 10.0 Å². The molecule has 2 unspecified atom stereocenters. The van der Waals surface area contributed by atoms with Crippen molar-refractivity contribution in [2.24, 2.45) is 16.5 Å². The van der Waals surface area contributed by atoms with E-state index in [0.29, 0.717) is 17.9 Å². The van der Waals surface area contributed by atoms with Gasteiger partial charge in [0.1, 0.15) is 0 Å². The van der Waals surface area contributed by atoms with E-state index in [1.807, 2.05) is 12.1 Å². The standard InChI is InChI=1S/C18H28N2O2S/c1-18(2)16(12-20-14-6-4-3-5-7-14)17(18)13-8-10-15(11-9-13)23(19,21)22/h8-11,14,16-17,20H,3-7,12H2,1-2H3,(H2,19,21,22). The van der Waals surface area contributed by atoms with Crippen molar-refractivity contribution in [3.63, 3.8) is 0 Å². The third-order valence-electron chi connectivity index (χ3n) is 5.85. The Morgan fingerprint density at radius 1 is 1.13 bits per heavy atom. The van der Waals surface area contributed by atoms with Crippen LogP contribution >= 0.6 is 0 Å². The van der Waals surface area contributed by atoms with E-state index in [1.165, 1.54) is 37.7 Å². The summed E-state index contributed by atoms with van der Waals surface area (Å²) in [5, 5.41) is 8.93. The van der Waals surface area contributed by atoms with Gasteiger partial charge in [-0.1, -0.05) is 45.2 Å². The monoisotopic (exact) mass is 336 g/mol. The molecule has 0 aromatic heterocycles. The molecule has 2 saturated carbocycles. The maximum Gasteiger partial charge on any atom is 0.238 e. The first-order valence-electron chi connectivity index (χ1n) is 8.66. The topological polar surface area (TPSA) is 72.2 Å². The number of benzene rings is 1. The van der Waals surface area contributed by atoms with Crippen LogP contribution in [0.15, 0.2) is 29.2 Å². The number of nitrogens with one attached hydrogen (secondary N) is 1. The Kier molecular flexibility index (Phi) is 4.55. The molecule has 0 heterocycles. The maximum atomic E-state index is 11.4. The second-order valence-electron chi connectivity index (χ2n) is 7.76. The minimum atomic E-state index is -3.60. The molecule has 3 N–H and O–H groups in total. The Labute approximate surface area is 139 Å². The van der Waals surface area contributed by atoms with E-state index in [9.17, 15) is 8.42 Å². The van der Waals surface area contributed by atoms with Crippen molar-refractivity contribution >= 4 is 10.0 Å². The van der Waals surface area contributed by atoms with Crippen LogP contribution in [0.5, 0.6) is 0 Å². The molecule has 0 aliphatic heterocycles. The highest BCUT2D eigenvalue weighted by molar-refractivity contribution is 7.89. The first-order chi connectivity index (χ1) is 10.8. The molecule has 2 fully saturated rings. The fourth-order valence-electron chi connectivity index (χ4n) is 4.25. The highest BCUT2D eigenvalue weighted by atomic mass is 32.2. The first kappa shape index (κ1) is 16.9. The normalized spacial score (nSPS) is 27.8. The molecule has 4 nitrogen and oxygen atoms in total. The van der Waals surface area contributed by atoms with Crippen molar-refractivity contribution < 1.29 is 8.42 Å². The van der Waals surface area contributed by atoms with Crippen molar-refractivity contribution in [1.29, 1.82) is 0 Å². The largest absolute Gasteiger partial charge is 0.314 e. The minimum absolute atomic E-state index is 0.191. The zero-order valence-electron chi connectivity index (χ0n) is 14.1. The Balaban J connectivity index is 1.63. The van der Waals surface area contributed by atoms with Crippen molar-refractivity contribution in [3.8, 4) is 0 Å². The third-order valence-corrected chi connectivity index (χ3v) is 6.78. The average molecular weight is 337 g/mol. The second kappa shape index (κ2) is 6.19. The van der Waals surface area contributed by atoms with Gasteiger partial charge in [0.05, 0.1) is 4.90 Å². The smallest absolute Gasteiger partial charge is 0.238 e. The summed E-state index contributed by atoms with van der Waals surface area (Å²) in [6.45, 7) is 5.66. The molecule has 5 heteroatoms. The molecule has 1 aromatic rings. The molecule has 2 atom stereocenters. The molecule has 128 valence electrons. The quantitative estimate of drug-likeness (QED) is 0.868. The van der Waals surface area contributed by atoms with Gasteiger partial charge in [-0.15, -0.1) is 0 Å². The fraction of sp³-hybridized carbons (Fsp3) is 0.667. The van der Waals surface area contributed by atoms with Crippen LogP contribution in [-0.2, 0) is 10.0 Å². The van der Waals surface area contributed by atoms with Crippen LogP contribution in [0.1, 0.15) is 57.4 Å². The van der Waals surface area contributed by atoms with Crippen LogP contribution < -0.4 is 10.5 Å². The van der Waals surface area contributed by atoms with Crippen LogP contribution in [-0.4, -0.2) is 21.0 Å². The summed E-state index contributed by atoms with van der Waals surface area (Å²) in [5.41, 5.74) is 1.49. The zero-order valence-corrected chi connectivity index (χ0v) is 14.9. The van der Waals surface area contributed by atoms with Crippen LogP contribution in [0.25, 0.3) is 0 Å². The van der Waals surface area contributed by atoms with E-state index in [2.05, 4.69) is 19.2 Å². The highest BCUT2D eigenvalue weighted by Crippen LogP contribution is 2.64. The molecule has 23 heavy (non-hydrogen) atoms. The first-order valence-corrected chi connectivity index (χ1v) is 10.2. The molecule has 2 aliphatic rings. The third kappa shape index (κ3) is 3.62. The van der Waals surface area contributed by atoms with Gasteiger partial charge in [0.15, 0.2) is 0 Å². The van der Waals surface area contributed by atoms with Gasteiger partial charge >= 0.3 is 0 Å². The average Bonchev–Trinajstić information content (AvgIpc) is 3.06. The maximum absolute atomic E-state index is 11.4. The fourth-order valence-corrected chi connectivity index (χ4v) is 4.77. The number of rotatable bonds is 5. The molecule has 3 rings (SSSR count). The second-order valence-corrected chi connectivity index (χ2v) is 9.32. The van der Waals surface area contributed by atoms with E-state index in [4.69, 9.17) is 5.14 Å². The molecule has 2 aliphatic carbocycles. The Hall–Kier alpha value is -0.910. The Morgan fingerprint density at radius 3 is 2.30 bits per heavy atom. The summed E-state index contributed by atoms with van der Waals surface area (Å²) < 4.78 is 22.7. The summed E-state index contributed by atoms with van der Waals surface area (Å²) in [4.78, 5) is 0.191. The minimum Gasteiger partial charge on any atom is -0.314 e. The summed E-state index contributed by atoms with van der Waals surface area (Å²) >= 11 is 0. The van der Waals surface area contributed by atoms with Gasteiger partial charge in [-0.3, -0.25) is 0 Å². The molecule has 0 saturated heterocycles. The van der Waals surface area contributed by atoms with Crippen molar-refractivity contribution in [2.45, 2.75) is 62.8 Å². The number of hydrogen-bond acceptors (Lipinski definition) is 3. The van der Waals surface area contributed by atoms with E-state index in [0.717, 1.165) is 6.54 Å². The number of hydrogen-bond donors (Lipinski definition) is 2. The van der Waals surface area contributed by atoms with Crippen molar-refractivity contribution in [3.05, 3.63) is 29.8 Å². The number of sulfonamides is 1. The van der Waals surface area contributed by atoms with Gasteiger partial charge in [0, 0.05) is 6.04 Å². The Morgan fingerprint density at radius 2 is 1.74 bits per heavy atom. The van der Waals surface area contributed by atoms with E-state index in [-0.39, 0.29) is 10.3 Å². The SMILES string of the molecule is CC1(C)C(CNC2CCCCC2)C1c1ccc(S(N)(=O)=O)cc1. The van der Waals surface area contributed by atoms with Gasteiger partial charge in [0.25, 0.3) is 0 Å². The lowest BCUT2D eigenvalue weighted by molar-refractivity contribution is 0.360. The van der Waals surface area contributed by atoms with Gasteiger partial charge < -0.3 is 5.32 Å². The molecular weight excluding hydrogens is 308 g/mol. The van der Waals surface area contributed by atoms with E-state index >= 15 is 0 Å². The summed E-state index contributed by atoms with van der Waals surface area (Å²) in [5.74, 6) is 1.11. The predicted molar refractivity (Wildman–Crippen MR) is 92.7 cm³/mol. The van der Waals surface area contributed by atoms with Gasteiger partial charge in [-0.25, -0.2) is 13.6 Å². The number of nitrogens with two attached hydrogens (primary N) is 1. The summed E-state index contributed by atoms with van der Waals surface area (Å²) in [6, 6.07) is 7.79. The molecule has 0 spiro atoms. The molecule has 0 radical (unpaired) electrons. The van der Waals surface area contributed by atoms with Gasteiger partial charge in [-0.2, -0.15) is 0 Å². The summed E-state index contributed by atoms with van der Waals surface area (Å²) in [7, 11) is -3.60. The van der Waals surface area contributed by atoms with Crippen LogP contribution in [0.3, 0.4) is 0 Å². The van der Waals surface area contributed by atoms with Crippen molar-refractivity contribution in [1.82, 2.24) is 5.32 Å². The molecular formula is C18H28N2O2S. The molecule has 0 bridgehead atoms. The Bertz CT molecular complexity index is 646. The van der Waals surface area contributed by atoms with Crippen molar-refractivity contribution in [2.75, 3.05) is 6.54 Å². The van der Waals surface area contributed by atoms with E-state index in [1.54, 1.807) is 12.1 Å². The highest BCUT2D eigenvalue weighted by Gasteiger charge is 2.57.